The number of benzene rings is 1. The number of ether oxygens (including phenoxy) is 1. The number of alkyl halides is 3. The summed E-state index contributed by atoms with van der Waals surface area (Å²) in [5, 5.41) is 0. The molecule has 2 N–H and O–H groups in total. The zero-order valence-corrected chi connectivity index (χ0v) is 15.7. The molecule has 0 bridgehead atoms. The van der Waals surface area contributed by atoms with E-state index in [9.17, 15) is 22.8 Å². The lowest BCUT2D eigenvalue weighted by molar-refractivity contribution is -0.137. The van der Waals surface area contributed by atoms with Crippen LogP contribution in [0.3, 0.4) is 0 Å². The van der Waals surface area contributed by atoms with Crippen molar-refractivity contribution in [3.05, 3.63) is 65.0 Å². The molecule has 0 radical (unpaired) electrons. The molecule has 0 spiro atoms. The van der Waals surface area contributed by atoms with Crippen molar-refractivity contribution in [1.29, 1.82) is 0 Å². The number of rotatable bonds is 6. The summed E-state index contributed by atoms with van der Waals surface area (Å²) in [6, 6.07) is 7.99. The van der Waals surface area contributed by atoms with Gasteiger partial charge >= 0.3 is 12.3 Å². The number of ketones is 1. The van der Waals surface area contributed by atoms with Crippen LogP contribution in [-0.4, -0.2) is 22.5 Å². The van der Waals surface area contributed by atoms with Crippen LogP contribution in [0.4, 0.5) is 18.0 Å². The van der Waals surface area contributed by atoms with E-state index in [1.807, 2.05) is 0 Å². The Hall–Kier alpha value is -2.90. The molecule has 0 aliphatic heterocycles. The molecule has 0 aliphatic carbocycles. The van der Waals surface area contributed by atoms with Crippen molar-refractivity contribution in [2.45, 2.75) is 44.9 Å². The molecule has 1 aromatic heterocycles. The van der Waals surface area contributed by atoms with Crippen LogP contribution in [0, 0.1) is 0 Å². The molecule has 0 fully saturated rings. The van der Waals surface area contributed by atoms with Gasteiger partial charge in [-0.1, -0.05) is 12.1 Å². The maximum Gasteiger partial charge on any atom is 0.416 e. The summed E-state index contributed by atoms with van der Waals surface area (Å²) in [5.41, 5.74) is 4.89. The van der Waals surface area contributed by atoms with Crippen LogP contribution in [0.5, 0.6) is 0 Å². The molecule has 1 atom stereocenters. The van der Waals surface area contributed by atoms with E-state index in [1.54, 1.807) is 26.0 Å². The maximum atomic E-state index is 12.8. The molecule has 2 aromatic rings. The summed E-state index contributed by atoms with van der Waals surface area (Å²) in [4.78, 5) is 27.1. The van der Waals surface area contributed by atoms with Gasteiger partial charge in [0.05, 0.1) is 5.56 Å². The number of halogens is 3. The highest BCUT2D eigenvalue weighted by molar-refractivity contribution is 5.93. The van der Waals surface area contributed by atoms with E-state index in [1.165, 1.54) is 25.3 Å². The molecule has 8 heteroatoms. The van der Waals surface area contributed by atoms with Crippen molar-refractivity contribution in [1.82, 2.24) is 4.98 Å². The first kappa shape index (κ1) is 21.4. The lowest BCUT2D eigenvalue weighted by Gasteiger charge is -2.33. The second-order valence-electron chi connectivity index (χ2n) is 7.00. The average Bonchev–Trinajstić information content (AvgIpc) is 2.58. The number of hydrogen-bond donors (Lipinski definition) is 1. The number of aromatic nitrogens is 1. The van der Waals surface area contributed by atoms with E-state index in [0.29, 0.717) is 16.8 Å². The highest BCUT2D eigenvalue weighted by Gasteiger charge is 2.36. The number of primary amides is 1. The molecule has 28 heavy (non-hydrogen) atoms. The van der Waals surface area contributed by atoms with Gasteiger partial charge in [0.2, 0.25) is 0 Å². The van der Waals surface area contributed by atoms with Gasteiger partial charge in [-0.15, -0.1) is 0 Å². The predicted molar refractivity (Wildman–Crippen MR) is 96.9 cm³/mol. The SMILES string of the molecule is CC(=O)c1ccc(C(Cc2ccc(C(F)(F)F)cc2)C(C)(C)OC(N)=O)nc1. The van der Waals surface area contributed by atoms with Crippen molar-refractivity contribution >= 4 is 11.9 Å². The zero-order valence-electron chi connectivity index (χ0n) is 15.7. The van der Waals surface area contributed by atoms with Crippen LogP contribution < -0.4 is 5.73 Å². The topological polar surface area (TPSA) is 82.3 Å². The molecule has 0 aliphatic rings. The fraction of sp³-hybridized carbons (Fsp3) is 0.350. The molecule has 150 valence electrons. The van der Waals surface area contributed by atoms with Crippen LogP contribution in [0.2, 0.25) is 0 Å². The van der Waals surface area contributed by atoms with E-state index < -0.39 is 29.4 Å². The molecule has 2 rings (SSSR count). The normalized spacial score (nSPS) is 13.1. The minimum absolute atomic E-state index is 0.147. The Balaban J connectivity index is 2.38. The largest absolute Gasteiger partial charge is 0.443 e. The molecule has 1 aromatic carbocycles. The highest BCUT2D eigenvalue weighted by Crippen LogP contribution is 2.35. The summed E-state index contributed by atoms with van der Waals surface area (Å²) in [6.07, 6.45) is -3.72. The van der Waals surface area contributed by atoms with Crippen molar-refractivity contribution < 1.29 is 27.5 Å². The minimum atomic E-state index is -4.42. The van der Waals surface area contributed by atoms with Gasteiger partial charge in [-0.25, -0.2) is 4.79 Å². The number of nitrogens with two attached hydrogens (primary N) is 1. The smallest absolute Gasteiger partial charge is 0.416 e. The second kappa shape index (κ2) is 8.00. The van der Waals surface area contributed by atoms with Gasteiger partial charge in [0.15, 0.2) is 5.78 Å². The van der Waals surface area contributed by atoms with Crippen LogP contribution >= 0.6 is 0 Å². The Morgan fingerprint density at radius 1 is 1.11 bits per heavy atom. The Kier molecular flexibility index (Phi) is 6.11. The first-order valence-corrected chi connectivity index (χ1v) is 8.51. The molecule has 1 amide bonds. The molecule has 1 unspecified atom stereocenters. The van der Waals surface area contributed by atoms with Gasteiger partial charge in [0.1, 0.15) is 5.60 Å². The lowest BCUT2D eigenvalue weighted by atomic mass is 9.82. The Morgan fingerprint density at radius 2 is 1.71 bits per heavy atom. The van der Waals surface area contributed by atoms with Gasteiger partial charge in [0.25, 0.3) is 0 Å². The Labute approximate surface area is 160 Å². The Morgan fingerprint density at radius 3 is 2.14 bits per heavy atom. The van der Waals surface area contributed by atoms with E-state index in [-0.39, 0.29) is 12.2 Å². The van der Waals surface area contributed by atoms with Gasteiger partial charge in [-0.3, -0.25) is 9.78 Å². The number of carbonyl (C=O) groups is 2. The number of nitrogens with zero attached hydrogens (tertiary/aromatic N) is 1. The molecule has 1 heterocycles. The van der Waals surface area contributed by atoms with Gasteiger partial charge in [-0.2, -0.15) is 13.2 Å². The monoisotopic (exact) mass is 394 g/mol. The first-order valence-electron chi connectivity index (χ1n) is 8.51. The fourth-order valence-corrected chi connectivity index (χ4v) is 2.92. The van der Waals surface area contributed by atoms with Crippen molar-refractivity contribution in [3.8, 4) is 0 Å². The maximum absolute atomic E-state index is 12.8. The zero-order chi connectivity index (χ0) is 21.1. The van der Waals surface area contributed by atoms with E-state index in [0.717, 1.165) is 12.1 Å². The van der Waals surface area contributed by atoms with Gasteiger partial charge in [-0.05, 0) is 57.0 Å². The average molecular weight is 394 g/mol. The summed E-state index contributed by atoms with van der Waals surface area (Å²) in [5.74, 6) is -0.649. The van der Waals surface area contributed by atoms with Crippen molar-refractivity contribution in [2.24, 2.45) is 5.73 Å². The number of carbonyl (C=O) groups excluding carboxylic acids is 2. The van der Waals surface area contributed by atoms with Crippen LogP contribution in [0.25, 0.3) is 0 Å². The lowest BCUT2D eigenvalue weighted by Crippen LogP contribution is -2.38. The summed E-state index contributed by atoms with van der Waals surface area (Å²) < 4.78 is 43.6. The molecule has 0 saturated heterocycles. The van der Waals surface area contributed by atoms with Crippen LogP contribution in [-0.2, 0) is 17.3 Å². The third kappa shape index (κ3) is 5.31. The Bertz CT molecular complexity index is 844. The van der Waals surface area contributed by atoms with E-state index >= 15 is 0 Å². The summed E-state index contributed by atoms with van der Waals surface area (Å²) >= 11 is 0. The number of pyridine rings is 1. The number of amides is 1. The van der Waals surface area contributed by atoms with E-state index in [2.05, 4.69) is 4.98 Å². The predicted octanol–water partition coefficient (Wildman–Crippen LogP) is 4.50. The summed E-state index contributed by atoms with van der Waals surface area (Å²) in [7, 11) is 0. The first-order chi connectivity index (χ1) is 12.9. The second-order valence-corrected chi connectivity index (χ2v) is 7.00. The van der Waals surface area contributed by atoms with Gasteiger partial charge in [0, 0.05) is 23.4 Å². The molecular weight excluding hydrogens is 373 g/mol. The van der Waals surface area contributed by atoms with Crippen LogP contribution in [0.1, 0.15) is 53.9 Å². The third-order valence-corrected chi connectivity index (χ3v) is 4.47. The highest BCUT2D eigenvalue weighted by atomic mass is 19.4. The number of hydrogen-bond acceptors (Lipinski definition) is 4. The standard InChI is InChI=1S/C20H21F3N2O3/c1-12(26)14-6-9-17(25-11-14)16(19(2,3)28-18(24)27)10-13-4-7-15(8-5-13)20(21,22)23/h4-9,11,16H,10H2,1-3H3,(H2,24,27). The van der Waals surface area contributed by atoms with Crippen molar-refractivity contribution in [3.63, 3.8) is 0 Å². The van der Waals surface area contributed by atoms with Crippen molar-refractivity contribution in [2.75, 3.05) is 0 Å². The minimum Gasteiger partial charge on any atom is -0.443 e. The number of Topliss-reactive ketones (excluding diaryl/α,β-unsaturated/α-hetero) is 1. The van der Waals surface area contributed by atoms with Crippen LogP contribution in [0.15, 0.2) is 42.6 Å². The van der Waals surface area contributed by atoms with Gasteiger partial charge < -0.3 is 10.5 Å². The summed E-state index contributed by atoms with van der Waals surface area (Å²) in [6.45, 7) is 4.71. The molecule has 0 saturated carbocycles. The fourth-order valence-electron chi connectivity index (χ4n) is 2.92. The molecular formula is C20H21F3N2O3. The quantitative estimate of drug-likeness (QED) is 0.731. The van der Waals surface area contributed by atoms with E-state index in [4.69, 9.17) is 10.5 Å². The third-order valence-electron chi connectivity index (χ3n) is 4.47. The molecule has 5 nitrogen and oxygen atoms in total.